The molecule has 0 aromatic rings. The van der Waals surface area contributed by atoms with Gasteiger partial charge in [-0.15, -0.1) is 0 Å². The maximum atomic E-state index is 9.64. The van der Waals surface area contributed by atoms with Gasteiger partial charge in [0.2, 0.25) is 0 Å². The Hall–Kier alpha value is -0.160. The van der Waals surface area contributed by atoms with Crippen LogP contribution in [0.3, 0.4) is 0 Å². The van der Waals surface area contributed by atoms with Crippen molar-refractivity contribution in [2.24, 2.45) is 0 Å². The molecule has 2 fully saturated rings. The molecule has 0 aromatic heterocycles. The summed E-state index contributed by atoms with van der Waals surface area (Å²) in [6, 6.07) is -0.0246. The van der Waals surface area contributed by atoms with Crippen LogP contribution >= 0.6 is 0 Å². The first kappa shape index (κ1) is 7.49. The summed E-state index contributed by atoms with van der Waals surface area (Å²) in [5.41, 5.74) is -1.12. The molecule has 64 valence electrons. The van der Waals surface area contributed by atoms with Crippen LogP contribution < -0.4 is 5.32 Å². The van der Waals surface area contributed by atoms with Gasteiger partial charge in [0.25, 0.3) is 0 Å². The minimum absolute atomic E-state index is 0.0246. The van der Waals surface area contributed by atoms with E-state index in [2.05, 4.69) is 5.32 Å². The fourth-order valence-corrected chi connectivity index (χ4v) is 1.98. The van der Waals surface area contributed by atoms with Gasteiger partial charge in [0.15, 0.2) is 0 Å². The summed E-state index contributed by atoms with van der Waals surface area (Å²) in [6.45, 7) is 0. The molecule has 2 heterocycles. The van der Waals surface area contributed by atoms with Gasteiger partial charge in [0.1, 0.15) is 5.72 Å². The predicted octanol–water partition coefficient (Wildman–Crippen LogP) is -1.45. The van der Waals surface area contributed by atoms with Crippen molar-refractivity contribution in [1.29, 1.82) is 0 Å². The van der Waals surface area contributed by atoms with Crippen LogP contribution in [0.25, 0.3) is 0 Å². The zero-order valence-electron chi connectivity index (χ0n) is 6.20. The quantitative estimate of drug-likeness (QED) is 0.349. The summed E-state index contributed by atoms with van der Waals surface area (Å²) in [6.07, 6.45) is 0.239. The Bertz CT molecular complexity index is 175. The second-order valence-electron chi connectivity index (χ2n) is 3.53. The van der Waals surface area contributed by atoms with E-state index in [4.69, 9.17) is 0 Å². The van der Waals surface area contributed by atoms with Crippen molar-refractivity contribution in [2.45, 2.75) is 43.2 Å². The fraction of sp³-hybridized carbons (Fsp3) is 1.00. The maximum absolute atomic E-state index is 9.64. The molecule has 0 spiro atoms. The van der Waals surface area contributed by atoms with Crippen molar-refractivity contribution < 1.29 is 15.3 Å². The monoisotopic (exact) mass is 159 g/mol. The standard InChI is InChI=1S/C7H13NO3/c9-5-3-6(10)7(11)2-1-4(5)8-7/h4-6,8-11H,1-3H2. The molecule has 4 nitrogen and oxygen atoms in total. The largest absolute Gasteiger partial charge is 0.391 e. The highest BCUT2D eigenvalue weighted by Crippen LogP contribution is 2.33. The molecular weight excluding hydrogens is 146 g/mol. The zero-order valence-corrected chi connectivity index (χ0v) is 6.20. The van der Waals surface area contributed by atoms with Gasteiger partial charge in [-0.1, -0.05) is 0 Å². The highest BCUT2D eigenvalue weighted by Gasteiger charge is 2.49. The van der Waals surface area contributed by atoms with E-state index in [-0.39, 0.29) is 12.5 Å². The Morgan fingerprint density at radius 1 is 1.36 bits per heavy atom. The van der Waals surface area contributed by atoms with Crippen LogP contribution in [0.2, 0.25) is 0 Å². The lowest BCUT2D eigenvalue weighted by molar-refractivity contribution is -0.127. The average Bonchev–Trinajstić information content (AvgIpc) is 2.28. The Kier molecular flexibility index (Phi) is 1.47. The maximum Gasteiger partial charge on any atom is 0.142 e. The molecule has 4 unspecified atom stereocenters. The van der Waals surface area contributed by atoms with E-state index < -0.39 is 17.9 Å². The number of aliphatic hydroxyl groups is 3. The van der Waals surface area contributed by atoms with Gasteiger partial charge in [0, 0.05) is 12.5 Å². The Morgan fingerprint density at radius 2 is 2.09 bits per heavy atom. The average molecular weight is 159 g/mol. The number of hydrogen-bond donors (Lipinski definition) is 4. The van der Waals surface area contributed by atoms with E-state index in [0.29, 0.717) is 6.42 Å². The minimum Gasteiger partial charge on any atom is -0.391 e. The van der Waals surface area contributed by atoms with Gasteiger partial charge in [-0.3, -0.25) is 5.32 Å². The van der Waals surface area contributed by atoms with Crippen LogP contribution in [0.5, 0.6) is 0 Å². The molecule has 2 rings (SSSR count). The Labute approximate surface area is 64.8 Å². The smallest absolute Gasteiger partial charge is 0.142 e. The molecule has 4 atom stereocenters. The predicted molar refractivity (Wildman–Crippen MR) is 37.7 cm³/mol. The van der Waals surface area contributed by atoms with Crippen LogP contribution in [0, 0.1) is 0 Å². The van der Waals surface area contributed by atoms with Gasteiger partial charge < -0.3 is 15.3 Å². The van der Waals surface area contributed by atoms with E-state index in [1.807, 2.05) is 0 Å². The molecule has 0 aromatic carbocycles. The van der Waals surface area contributed by atoms with Crippen LogP contribution in [-0.4, -0.2) is 39.3 Å². The first-order chi connectivity index (χ1) is 5.12. The van der Waals surface area contributed by atoms with Crippen molar-refractivity contribution >= 4 is 0 Å². The summed E-state index contributed by atoms with van der Waals surface area (Å²) in [5.74, 6) is 0. The second kappa shape index (κ2) is 2.17. The van der Waals surface area contributed by atoms with E-state index in [1.54, 1.807) is 0 Å². The van der Waals surface area contributed by atoms with Crippen LogP contribution in [0.4, 0.5) is 0 Å². The van der Waals surface area contributed by atoms with E-state index in [1.165, 1.54) is 0 Å². The molecule has 4 heteroatoms. The summed E-state index contributed by atoms with van der Waals surface area (Å²) in [7, 11) is 0. The Morgan fingerprint density at radius 3 is 2.82 bits per heavy atom. The van der Waals surface area contributed by atoms with Gasteiger partial charge in [0.05, 0.1) is 12.2 Å². The molecular formula is C7H13NO3. The lowest BCUT2D eigenvalue weighted by Gasteiger charge is -2.36. The molecule has 0 aliphatic carbocycles. The summed E-state index contributed by atoms with van der Waals surface area (Å²) < 4.78 is 0. The van der Waals surface area contributed by atoms with Crippen LogP contribution in [0.15, 0.2) is 0 Å². The number of hydrogen-bond acceptors (Lipinski definition) is 4. The van der Waals surface area contributed by atoms with Gasteiger partial charge in [-0.05, 0) is 12.8 Å². The van der Waals surface area contributed by atoms with Crippen molar-refractivity contribution in [3.05, 3.63) is 0 Å². The molecule has 0 saturated carbocycles. The number of rotatable bonds is 0. The molecule has 11 heavy (non-hydrogen) atoms. The van der Waals surface area contributed by atoms with Crippen molar-refractivity contribution in [1.82, 2.24) is 5.32 Å². The lowest BCUT2D eigenvalue weighted by Crippen LogP contribution is -2.60. The second-order valence-corrected chi connectivity index (χ2v) is 3.53. The molecule has 2 saturated heterocycles. The van der Waals surface area contributed by atoms with E-state index in [0.717, 1.165) is 6.42 Å². The van der Waals surface area contributed by atoms with Crippen LogP contribution in [-0.2, 0) is 0 Å². The number of nitrogens with one attached hydrogen (secondary N) is 1. The summed E-state index contributed by atoms with van der Waals surface area (Å²) in [4.78, 5) is 0. The number of fused-ring (bicyclic) bond motifs is 2. The SMILES string of the molecule is OC1CC(O)C2(O)CCC1N2. The molecule has 4 N–H and O–H groups in total. The van der Waals surface area contributed by atoms with Gasteiger partial charge in [-0.2, -0.15) is 0 Å². The molecule has 0 amide bonds. The first-order valence-electron chi connectivity index (χ1n) is 3.98. The highest BCUT2D eigenvalue weighted by molar-refractivity contribution is 5.02. The minimum atomic E-state index is -1.12. The van der Waals surface area contributed by atoms with E-state index in [9.17, 15) is 15.3 Å². The first-order valence-corrected chi connectivity index (χ1v) is 3.98. The normalized spacial score (nSPS) is 56.5. The Balaban J connectivity index is 2.19. The molecule has 2 bridgehead atoms. The third kappa shape index (κ3) is 0.980. The van der Waals surface area contributed by atoms with Gasteiger partial charge >= 0.3 is 0 Å². The van der Waals surface area contributed by atoms with Crippen LogP contribution in [0.1, 0.15) is 19.3 Å². The van der Waals surface area contributed by atoms with E-state index >= 15 is 0 Å². The lowest BCUT2D eigenvalue weighted by atomic mass is 9.97. The topological polar surface area (TPSA) is 72.7 Å². The fourth-order valence-electron chi connectivity index (χ4n) is 1.98. The molecule has 2 aliphatic rings. The number of piperidine rings is 1. The van der Waals surface area contributed by atoms with Crippen molar-refractivity contribution in [2.75, 3.05) is 0 Å². The molecule has 0 radical (unpaired) electrons. The third-order valence-electron chi connectivity index (χ3n) is 2.75. The molecule has 2 aliphatic heterocycles. The third-order valence-corrected chi connectivity index (χ3v) is 2.75. The zero-order chi connectivity index (χ0) is 8.06. The van der Waals surface area contributed by atoms with Gasteiger partial charge in [-0.25, -0.2) is 0 Å². The number of aliphatic hydroxyl groups excluding tert-OH is 2. The highest BCUT2D eigenvalue weighted by atomic mass is 16.4. The van der Waals surface area contributed by atoms with Crippen molar-refractivity contribution in [3.8, 4) is 0 Å². The summed E-state index contributed by atoms with van der Waals surface area (Å²) in [5, 5.41) is 31.2. The summed E-state index contributed by atoms with van der Waals surface area (Å²) >= 11 is 0. The van der Waals surface area contributed by atoms with Crippen molar-refractivity contribution in [3.63, 3.8) is 0 Å².